The molecule has 0 saturated carbocycles. The van der Waals surface area contributed by atoms with Crippen LogP contribution in [0, 0.1) is 12.7 Å². The van der Waals surface area contributed by atoms with Crippen molar-refractivity contribution in [3.05, 3.63) is 47.5 Å². The standard InChI is InChI=1S/C12H13FN2O/c1-8-3-4-10(13)9(7-8)12(2)5-6-16-11(14)15-12/h3-7H,1-2H3,(H2,14,15)/t12-/m0/s1. The first kappa shape index (κ1) is 10.7. The molecule has 3 nitrogen and oxygen atoms in total. The van der Waals surface area contributed by atoms with E-state index in [1.807, 2.05) is 6.92 Å². The first-order chi connectivity index (χ1) is 7.51. The van der Waals surface area contributed by atoms with Crippen LogP contribution in [0.3, 0.4) is 0 Å². The normalized spacial score (nSPS) is 23.8. The summed E-state index contributed by atoms with van der Waals surface area (Å²) >= 11 is 0. The van der Waals surface area contributed by atoms with Gasteiger partial charge in [0.2, 0.25) is 0 Å². The van der Waals surface area contributed by atoms with Crippen molar-refractivity contribution in [1.29, 1.82) is 0 Å². The second kappa shape index (κ2) is 3.63. The molecule has 0 aliphatic carbocycles. The van der Waals surface area contributed by atoms with E-state index in [1.54, 1.807) is 25.1 Å². The van der Waals surface area contributed by atoms with E-state index in [-0.39, 0.29) is 11.8 Å². The molecule has 0 fully saturated rings. The largest absolute Gasteiger partial charge is 0.434 e. The third kappa shape index (κ3) is 1.78. The highest BCUT2D eigenvalue weighted by Crippen LogP contribution is 2.31. The fourth-order valence-electron chi connectivity index (χ4n) is 1.71. The lowest BCUT2D eigenvalue weighted by Crippen LogP contribution is -2.28. The van der Waals surface area contributed by atoms with Gasteiger partial charge in [0.15, 0.2) is 0 Å². The minimum absolute atomic E-state index is 0.0471. The second-order valence-corrected chi connectivity index (χ2v) is 4.00. The number of nitrogens with zero attached hydrogens (tertiary/aromatic N) is 1. The Balaban J connectivity index is 2.54. The van der Waals surface area contributed by atoms with E-state index in [1.165, 1.54) is 12.3 Å². The summed E-state index contributed by atoms with van der Waals surface area (Å²) in [6.07, 6.45) is 3.12. The molecular weight excluding hydrogens is 207 g/mol. The molecule has 0 aromatic heterocycles. The Labute approximate surface area is 93.4 Å². The first-order valence-corrected chi connectivity index (χ1v) is 4.97. The van der Waals surface area contributed by atoms with Gasteiger partial charge in [0.25, 0.3) is 6.02 Å². The number of benzene rings is 1. The summed E-state index contributed by atoms with van der Waals surface area (Å²) < 4.78 is 18.6. The van der Waals surface area contributed by atoms with Gasteiger partial charge in [-0.15, -0.1) is 0 Å². The van der Waals surface area contributed by atoms with Gasteiger partial charge in [-0.2, -0.15) is 0 Å². The van der Waals surface area contributed by atoms with Crippen molar-refractivity contribution in [2.24, 2.45) is 10.7 Å². The van der Waals surface area contributed by atoms with Gasteiger partial charge >= 0.3 is 0 Å². The Morgan fingerprint density at radius 2 is 2.19 bits per heavy atom. The van der Waals surface area contributed by atoms with Crippen LogP contribution in [0.4, 0.5) is 4.39 Å². The number of amidine groups is 1. The number of ether oxygens (including phenoxy) is 1. The van der Waals surface area contributed by atoms with E-state index >= 15 is 0 Å². The Bertz CT molecular complexity index is 482. The van der Waals surface area contributed by atoms with Crippen molar-refractivity contribution in [3.8, 4) is 0 Å². The highest BCUT2D eigenvalue weighted by molar-refractivity contribution is 5.74. The van der Waals surface area contributed by atoms with Crippen molar-refractivity contribution >= 4 is 6.02 Å². The number of hydrogen-bond donors (Lipinski definition) is 1. The molecular formula is C12H13FN2O. The first-order valence-electron chi connectivity index (χ1n) is 4.97. The molecule has 2 N–H and O–H groups in total. The molecule has 0 spiro atoms. The predicted octanol–water partition coefficient (Wildman–Crippen LogP) is 2.21. The van der Waals surface area contributed by atoms with Crippen LogP contribution < -0.4 is 5.73 Å². The van der Waals surface area contributed by atoms with E-state index in [4.69, 9.17) is 10.5 Å². The summed E-state index contributed by atoms with van der Waals surface area (Å²) in [4.78, 5) is 4.13. The van der Waals surface area contributed by atoms with Crippen LogP contribution >= 0.6 is 0 Å². The topological polar surface area (TPSA) is 47.6 Å². The molecule has 1 aromatic rings. The summed E-state index contributed by atoms with van der Waals surface area (Å²) in [6, 6.07) is 4.97. The monoisotopic (exact) mass is 220 g/mol. The fourth-order valence-corrected chi connectivity index (χ4v) is 1.71. The van der Waals surface area contributed by atoms with E-state index < -0.39 is 5.54 Å². The molecule has 0 bridgehead atoms. The van der Waals surface area contributed by atoms with Crippen LogP contribution in [0.1, 0.15) is 18.1 Å². The lowest BCUT2D eigenvalue weighted by molar-refractivity contribution is 0.409. The highest BCUT2D eigenvalue weighted by atomic mass is 19.1. The quantitative estimate of drug-likeness (QED) is 0.788. The van der Waals surface area contributed by atoms with Crippen molar-refractivity contribution in [2.45, 2.75) is 19.4 Å². The van der Waals surface area contributed by atoms with Gasteiger partial charge < -0.3 is 10.5 Å². The Kier molecular flexibility index (Phi) is 2.42. The fraction of sp³-hybridized carbons (Fsp3) is 0.250. The van der Waals surface area contributed by atoms with Crippen LogP contribution in [0.5, 0.6) is 0 Å². The van der Waals surface area contributed by atoms with Gasteiger partial charge in [-0.1, -0.05) is 17.7 Å². The molecule has 0 amide bonds. The van der Waals surface area contributed by atoms with Crippen LogP contribution in [-0.4, -0.2) is 6.02 Å². The van der Waals surface area contributed by atoms with Gasteiger partial charge in [-0.05, 0) is 26.0 Å². The maximum Gasteiger partial charge on any atom is 0.288 e. The summed E-state index contributed by atoms with van der Waals surface area (Å²) in [5.74, 6) is -0.295. The second-order valence-electron chi connectivity index (χ2n) is 4.00. The van der Waals surface area contributed by atoms with E-state index in [0.717, 1.165) is 5.56 Å². The molecule has 0 saturated heterocycles. The van der Waals surface area contributed by atoms with Crippen molar-refractivity contribution in [3.63, 3.8) is 0 Å². The van der Waals surface area contributed by atoms with E-state index in [2.05, 4.69) is 4.99 Å². The van der Waals surface area contributed by atoms with E-state index in [9.17, 15) is 4.39 Å². The Morgan fingerprint density at radius 3 is 2.88 bits per heavy atom. The van der Waals surface area contributed by atoms with Crippen molar-refractivity contribution in [1.82, 2.24) is 0 Å². The molecule has 2 rings (SSSR count). The van der Waals surface area contributed by atoms with Gasteiger partial charge in [0.05, 0.1) is 6.26 Å². The number of aryl methyl sites for hydroxylation is 1. The Morgan fingerprint density at radius 1 is 1.44 bits per heavy atom. The van der Waals surface area contributed by atoms with Gasteiger partial charge in [0, 0.05) is 5.56 Å². The third-order valence-corrected chi connectivity index (χ3v) is 2.59. The van der Waals surface area contributed by atoms with Gasteiger partial charge in [0.1, 0.15) is 11.4 Å². The summed E-state index contributed by atoms with van der Waals surface area (Å²) in [6.45, 7) is 3.69. The predicted molar refractivity (Wildman–Crippen MR) is 60.3 cm³/mol. The minimum Gasteiger partial charge on any atom is -0.434 e. The van der Waals surface area contributed by atoms with Crippen LogP contribution in [0.15, 0.2) is 35.5 Å². The SMILES string of the molecule is Cc1ccc(F)c([C@]2(C)C=COC(N)=N2)c1. The third-order valence-electron chi connectivity index (χ3n) is 2.59. The number of halogens is 1. The molecule has 1 aromatic carbocycles. The molecule has 1 atom stereocenters. The van der Waals surface area contributed by atoms with Crippen LogP contribution in [0.2, 0.25) is 0 Å². The van der Waals surface area contributed by atoms with Gasteiger partial charge in [-0.3, -0.25) is 0 Å². The molecule has 84 valence electrons. The number of hydrogen-bond acceptors (Lipinski definition) is 3. The zero-order valence-corrected chi connectivity index (χ0v) is 9.20. The summed E-state index contributed by atoms with van der Waals surface area (Å²) in [5, 5.41) is 0. The number of rotatable bonds is 1. The molecule has 1 aliphatic rings. The summed E-state index contributed by atoms with van der Waals surface area (Å²) in [7, 11) is 0. The maximum atomic E-state index is 13.7. The average molecular weight is 220 g/mol. The summed E-state index contributed by atoms with van der Waals surface area (Å²) in [5.41, 5.74) is 6.17. The van der Waals surface area contributed by atoms with E-state index in [0.29, 0.717) is 5.56 Å². The minimum atomic E-state index is -0.793. The lowest BCUT2D eigenvalue weighted by atomic mass is 9.91. The number of nitrogens with two attached hydrogens (primary N) is 1. The molecule has 1 heterocycles. The zero-order chi connectivity index (χ0) is 11.8. The molecule has 0 radical (unpaired) electrons. The number of aliphatic imine (C=N–C) groups is 1. The van der Waals surface area contributed by atoms with Crippen LogP contribution in [-0.2, 0) is 10.3 Å². The molecule has 0 unspecified atom stereocenters. The van der Waals surface area contributed by atoms with Crippen LogP contribution in [0.25, 0.3) is 0 Å². The maximum absolute atomic E-state index is 13.7. The molecule has 1 aliphatic heterocycles. The van der Waals surface area contributed by atoms with Crippen molar-refractivity contribution in [2.75, 3.05) is 0 Å². The smallest absolute Gasteiger partial charge is 0.288 e. The Hall–Kier alpha value is -1.84. The van der Waals surface area contributed by atoms with Crippen molar-refractivity contribution < 1.29 is 9.13 Å². The highest BCUT2D eigenvalue weighted by Gasteiger charge is 2.29. The average Bonchev–Trinajstić information content (AvgIpc) is 2.21. The lowest BCUT2D eigenvalue weighted by Gasteiger charge is -2.25. The molecule has 4 heteroatoms. The molecule has 16 heavy (non-hydrogen) atoms. The van der Waals surface area contributed by atoms with Gasteiger partial charge in [-0.25, -0.2) is 9.38 Å². The zero-order valence-electron chi connectivity index (χ0n) is 9.20.